The van der Waals surface area contributed by atoms with E-state index in [0.29, 0.717) is 18.0 Å². The maximum absolute atomic E-state index is 12.7. The topological polar surface area (TPSA) is 32.3 Å². The van der Waals surface area contributed by atoms with Crippen LogP contribution >= 0.6 is 0 Å². The fourth-order valence-corrected chi connectivity index (χ4v) is 4.39. The molecule has 2 aromatic rings. The Morgan fingerprint density at radius 3 is 2.28 bits per heavy atom. The van der Waals surface area contributed by atoms with Crippen LogP contribution in [0.5, 0.6) is 0 Å². The minimum Gasteiger partial charge on any atom is -0.347 e. The van der Waals surface area contributed by atoms with Crippen LogP contribution in [0.2, 0.25) is 0 Å². The molecule has 5 rings (SSSR count). The van der Waals surface area contributed by atoms with Crippen LogP contribution in [0, 0.1) is 5.92 Å². The summed E-state index contributed by atoms with van der Waals surface area (Å²) in [6.45, 7) is 4.62. The van der Waals surface area contributed by atoms with E-state index in [1.165, 1.54) is 37.1 Å². The normalized spacial score (nSPS) is 27.9. The molecule has 3 heterocycles. The third-order valence-corrected chi connectivity index (χ3v) is 5.94. The van der Waals surface area contributed by atoms with Gasteiger partial charge < -0.3 is 5.32 Å². The van der Waals surface area contributed by atoms with Gasteiger partial charge >= 0.3 is 0 Å². The highest BCUT2D eigenvalue weighted by molar-refractivity contribution is 5.94. The zero-order valence-electron chi connectivity index (χ0n) is 14.8. The van der Waals surface area contributed by atoms with Crippen molar-refractivity contribution in [3.8, 4) is 0 Å². The first-order valence-corrected chi connectivity index (χ1v) is 9.38. The number of amides is 1. The van der Waals surface area contributed by atoms with E-state index in [2.05, 4.69) is 53.5 Å². The second kappa shape index (κ2) is 7.01. The van der Waals surface area contributed by atoms with Crippen LogP contribution in [-0.4, -0.2) is 36.0 Å². The predicted molar refractivity (Wildman–Crippen MR) is 101 cm³/mol. The number of fused-ring (bicyclic) bond motifs is 3. The van der Waals surface area contributed by atoms with Gasteiger partial charge in [0.05, 0.1) is 0 Å². The Labute approximate surface area is 150 Å². The number of hydrogen-bond donors (Lipinski definition) is 1. The molecule has 0 spiro atoms. The molecule has 0 aliphatic carbocycles. The van der Waals surface area contributed by atoms with Gasteiger partial charge in [-0.05, 0) is 68.5 Å². The van der Waals surface area contributed by atoms with Crippen molar-refractivity contribution in [2.24, 2.45) is 5.92 Å². The summed E-state index contributed by atoms with van der Waals surface area (Å²) < 4.78 is 0. The van der Waals surface area contributed by atoms with Crippen molar-refractivity contribution in [3.05, 3.63) is 71.3 Å². The zero-order valence-corrected chi connectivity index (χ0v) is 14.8. The molecule has 0 radical (unpaired) electrons. The summed E-state index contributed by atoms with van der Waals surface area (Å²) in [7, 11) is 0. The van der Waals surface area contributed by atoms with Crippen LogP contribution in [0.15, 0.2) is 54.6 Å². The molecule has 0 aromatic heterocycles. The monoisotopic (exact) mass is 334 g/mol. The zero-order chi connectivity index (χ0) is 17.2. The van der Waals surface area contributed by atoms with Gasteiger partial charge in [0.25, 0.3) is 5.91 Å². The molecule has 3 saturated heterocycles. The average Bonchev–Trinajstić information content (AvgIpc) is 2.66. The molecule has 3 heteroatoms. The highest BCUT2D eigenvalue weighted by Crippen LogP contribution is 2.32. The van der Waals surface area contributed by atoms with E-state index in [4.69, 9.17) is 0 Å². The van der Waals surface area contributed by atoms with E-state index in [1.54, 1.807) is 0 Å². The third kappa shape index (κ3) is 3.47. The highest BCUT2D eigenvalue weighted by atomic mass is 16.1. The van der Waals surface area contributed by atoms with Crippen molar-refractivity contribution in [2.75, 3.05) is 13.1 Å². The molecule has 1 N–H and O–H groups in total. The summed E-state index contributed by atoms with van der Waals surface area (Å²) in [6, 6.07) is 19.2. The Kier molecular flexibility index (Phi) is 4.58. The van der Waals surface area contributed by atoms with Gasteiger partial charge in [-0.3, -0.25) is 9.69 Å². The standard InChI is InChI=1S/C22H26N2O/c1-16-21(19-11-13-24(16)14-12-19)23-22(25)20-9-7-18(8-10-20)15-17-5-3-2-4-6-17/h2-10,16,19,21H,11-15H2,1H3,(H,23,25)/t16-,21+/m1/s1. The number of carbonyl (C=O) groups is 1. The van der Waals surface area contributed by atoms with E-state index in [9.17, 15) is 4.79 Å². The number of carbonyl (C=O) groups excluding carboxylic acids is 1. The number of rotatable bonds is 4. The molecule has 2 atom stereocenters. The quantitative estimate of drug-likeness (QED) is 0.928. The molecule has 3 fully saturated rings. The van der Waals surface area contributed by atoms with E-state index in [0.717, 1.165) is 12.0 Å². The van der Waals surface area contributed by atoms with Gasteiger partial charge in [-0.2, -0.15) is 0 Å². The second-order valence-corrected chi connectivity index (χ2v) is 7.47. The molecule has 25 heavy (non-hydrogen) atoms. The molecule has 3 aliphatic rings. The van der Waals surface area contributed by atoms with Crippen LogP contribution in [0.25, 0.3) is 0 Å². The SMILES string of the molecule is C[C@@H]1[C@H](NC(=O)c2ccc(Cc3ccccc3)cc2)C2CCN1CC2. The van der Waals surface area contributed by atoms with Crippen LogP contribution in [0.4, 0.5) is 0 Å². The minimum absolute atomic E-state index is 0.0665. The second-order valence-electron chi connectivity index (χ2n) is 7.47. The lowest BCUT2D eigenvalue weighted by Crippen LogP contribution is -2.62. The van der Waals surface area contributed by atoms with Crippen molar-refractivity contribution in [3.63, 3.8) is 0 Å². The number of nitrogens with one attached hydrogen (secondary N) is 1. The Hall–Kier alpha value is -2.13. The minimum atomic E-state index is 0.0665. The summed E-state index contributed by atoms with van der Waals surface area (Å²) in [5, 5.41) is 3.30. The summed E-state index contributed by atoms with van der Waals surface area (Å²) in [6.07, 6.45) is 3.33. The molecule has 3 aliphatic heterocycles. The average molecular weight is 334 g/mol. The Bertz CT molecular complexity index is 715. The van der Waals surface area contributed by atoms with Gasteiger partial charge in [0, 0.05) is 17.6 Å². The molecule has 3 nitrogen and oxygen atoms in total. The van der Waals surface area contributed by atoms with Gasteiger partial charge in [-0.1, -0.05) is 42.5 Å². The smallest absolute Gasteiger partial charge is 0.251 e. The molecular weight excluding hydrogens is 308 g/mol. The summed E-state index contributed by atoms with van der Waals surface area (Å²) in [4.78, 5) is 15.2. The summed E-state index contributed by atoms with van der Waals surface area (Å²) >= 11 is 0. The van der Waals surface area contributed by atoms with Gasteiger partial charge in [0.2, 0.25) is 0 Å². The summed E-state index contributed by atoms with van der Waals surface area (Å²) in [5.74, 6) is 0.707. The lowest BCUT2D eigenvalue weighted by atomic mass is 9.79. The van der Waals surface area contributed by atoms with Crippen LogP contribution < -0.4 is 5.32 Å². The molecule has 2 bridgehead atoms. The number of nitrogens with zero attached hydrogens (tertiary/aromatic N) is 1. The van der Waals surface area contributed by atoms with Crippen LogP contribution in [0.1, 0.15) is 41.3 Å². The van der Waals surface area contributed by atoms with E-state index < -0.39 is 0 Å². The maximum Gasteiger partial charge on any atom is 0.251 e. The third-order valence-electron chi connectivity index (χ3n) is 5.94. The largest absolute Gasteiger partial charge is 0.347 e. The molecule has 0 unspecified atom stereocenters. The van der Waals surface area contributed by atoms with Gasteiger partial charge in [0.1, 0.15) is 0 Å². The fourth-order valence-electron chi connectivity index (χ4n) is 4.39. The Balaban J connectivity index is 1.41. The first-order valence-electron chi connectivity index (χ1n) is 9.38. The van der Waals surface area contributed by atoms with Crippen molar-refractivity contribution < 1.29 is 4.79 Å². The first-order chi connectivity index (χ1) is 12.2. The number of benzene rings is 2. The van der Waals surface area contributed by atoms with Crippen LogP contribution in [-0.2, 0) is 6.42 Å². The molecule has 130 valence electrons. The lowest BCUT2D eigenvalue weighted by molar-refractivity contribution is 0.0217. The first kappa shape index (κ1) is 16.3. The fraction of sp³-hybridized carbons (Fsp3) is 0.409. The highest BCUT2D eigenvalue weighted by Gasteiger charge is 2.40. The van der Waals surface area contributed by atoms with Crippen molar-refractivity contribution in [1.82, 2.24) is 10.2 Å². The predicted octanol–water partition coefficient (Wildman–Crippen LogP) is 3.49. The van der Waals surface area contributed by atoms with Crippen LogP contribution in [0.3, 0.4) is 0 Å². The van der Waals surface area contributed by atoms with E-state index in [1.807, 2.05) is 18.2 Å². The molecular formula is C22H26N2O. The van der Waals surface area contributed by atoms with Crippen molar-refractivity contribution >= 4 is 5.91 Å². The van der Waals surface area contributed by atoms with Crippen molar-refractivity contribution in [2.45, 2.75) is 38.3 Å². The Morgan fingerprint density at radius 2 is 1.64 bits per heavy atom. The lowest BCUT2D eigenvalue weighted by Gasteiger charge is -2.49. The van der Waals surface area contributed by atoms with Gasteiger partial charge in [-0.25, -0.2) is 0 Å². The van der Waals surface area contributed by atoms with E-state index >= 15 is 0 Å². The molecule has 1 amide bonds. The maximum atomic E-state index is 12.7. The van der Waals surface area contributed by atoms with Gasteiger partial charge in [-0.15, -0.1) is 0 Å². The number of hydrogen-bond acceptors (Lipinski definition) is 2. The molecule has 0 saturated carbocycles. The molecule has 2 aromatic carbocycles. The van der Waals surface area contributed by atoms with E-state index in [-0.39, 0.29) is 5.91 Å². The van der Waals surface area contributed by atoms with Gasteiger partial charge in [0.15, 0.2) is 0 Å². The Morgan fingerprint density at radius 1 is 1.00 bits per heavy atom. The van der Waals surface area contributed by atoms with Crippen molar-refractivity contribution in [1.29, 1.82) is 0 Å². The summed E-state index contributed by atoms with van der Waals surface area (Å²) in [5.41, 5.74) is 3.29. The number of piperidine rings is 3.